The molecule has 0 fully saturated rings. The molecule has 3 aromatic rings. The molecule has 0 saturated carbocycles. The first-order valence-corrected chi connectivity index (χ1v) is 11.0. The van der Waals surface area contributed by atoms with Gasteiger partial charge in [-0.05, 0) is 61.9 Å². The molecule has 1 aliphatic rings. The lowest BCUT2D eigenvalue weighted by Crippen LogP contribution is -2.15. The van der Waals surface area contributed by atoms with Crippen molar-refractivity contribution in [1.82, 2.24) is 9.97 Å². The standard InChI is InChI=1S/C20H21N3O2S2/c1-11-12(2)27-20-18(11)19(25)22-16(23-20)9-26-10-17(24)21-15-7-6-13-4-3-5-14(13)8-15/h6-8H,3-5,9-10H2,1-2H3,(H,21,24)(H,22,23,25). The molecular weight excluding hydrogens is 378 g/mol. The molecule has 2 aromatic heterocycles. The summed E-state index contributed by atoms with van der Waals surface area (Å²) in [5.74, 6) is 1.40. The number of aryl methyl sites for hydroxylation is 4. The van der Waals surface area contributed by atoms with Crippen LogP contribution in [0.25, 0.3) is 10.2 Å². The fourth-order valence-corrected chi connectivity index (χ4v) is 5.19. The Balaban J connectivity index is 1.36. The lowest BCUT2D eigenvalue weighted by molar-refractivity contribution is -0.113. The number of hydrogen-bond acceptors (Lipinski definition) is 5. The molecule has 0 aliphatic heterocycles. The molecule has 27 heavy (non-hydrogen) atoms. The molecule has 2 N–H and O–H groups in total. The van der Waals surface area contributed by atoms with Crippen molar-refractivity contribution < 1.29 is 4.79 Å². The number of anilines is 1. The van der Waals surface area contributed by atoms with Gasteiger partial charge in [-0.15, -0.1) is 23.1 Å². The van der Waals surface area contributed by atoms with Crippen molar-refractivity contribution in [3.05, 3.63) is 55.9 Å². The first-order valence-electron chi connectivity index (χ1n) is 8.99. The van der Waals surface area contributed by atoms with Gasteiger partial charge in [-0.2, -0.15) is 0 Å². The summed E-state index contributed by atoms with van der Waals surface area (Å²) in [6.07, 6.45) is 3.43. The van der Waals surface area contributed by atoms with Crippen LogP contribution in [0.1, 0.15) is 33.8 Å². The molecule has 140 valence electrons. The highest BCUT2D eigenvalue weighted by atomic mass is 32.2. The number of thioether (sulfide) groups is 1. The van der Waals surface area contributed by atoms with E-state index >= 15 is 0 Å². The van der Waals surface area contributed by atoms with Crippen molar-refractivity contribution >= 4 is 44.9 Å². The molecule has 0 bridgehead atoms. The van der Waals surface area contributed by atoms with Gasteiger partial charge in [0.15, 0.2) is 0 Å². The van der Waals surface area contributed by atoms with Gasteiger partial charge in [0, 0.05) is 10.6 Å². The number of H-pyrrole nitrogens is 1. The molecule has 5 nitrogen and oxygen atoms in total. The van der Waals surface area contributed by atoms with E-state index < -0.39 is 0 Å². The van der Waals surface area contributed by atoms with Gasteiger partial charge in [-0.3, -0.25) is 9.59 Å². The van der Waals surface area contributed by atoms with Gasteiger partial charge in [-0.1, -0.05) is 6.07 Å². The van der Waals surface area contributed by atoms with Crippen LogP contribution in [0.5, 0.6) is 0 Å². The number of thiophene rings is 1. The third-order valence-electron chi connectivity index (χ3n) is 4.94. The minimum Gasteiger partial charge on any atom is -0.325 e. The third-order valence-corrected chi connectivity index (χ3v) is 6.99. The van der Waals surface area contributed by atoms with Crippen LogP contribution in [0.15, 0.2) is 23.0 Å². The predicted octanol–water partition coefficient (Wildman–Crippen LogP) is 3.96. The predicted molar refractivity (Wildman–Crippen MR) is 113 cm³/mol. The van der Waals surface area contributed by atoms with Crippen molar-refractivity contribution in [2.45, 2.75) is 38.9 Å². The molecular formula is C20H21N3O2S2. The smallest absolute Gasteiger partial charge is 0.259 e. The minimum atomic E-state index is -0.0972. The maximum Gasteiger partial charge on any atom is 0.259 e. The second-order valence-electron chi connectivity index (χ2n) is 6.85. The van der Waals surface area contributed by atoms with Gasteiger partial charge in [-0.25, -0.2) is 4.98 Å². The Hall–Kier alpha value is -2.12. The molecule has 7 heteroatoms. The van der Waals surface area contributed by atoms with E-state index in [1.807, 2.05) is 19.9 Å². The molecule has 0 radical (unpaired) electrons. The maximum atomic E-state index is 12.3. The van der Waals surface area contributed by atoms with E-state index in [2.05, 4.69) is 27.4 Å². The average molecular weight is 400 g/mol. The lowest BCUT2D eigenvalue weighted by atomic mass is 10.1. The summed E-state index contributed by atoms with van der Waals surface area (Å²) in [5.41, 5.74) is 4.50. The molecule has 1 aromatic carbocycles. The number of aromatic amines is 1. The maximum absolute atomic E-state index is 12.3. The number of benzene rings is 1. The fraction of sp³-hybridized carbons (Fsp3) is 0.350. The van der Waals surface area contributed by atoms with Crippen LogP contribution in [0.2, 0.25) is 0 Å². The number of fused-ring (bicyclic) bond motifs is 2. The zero-order valence-electron chi connectivity index (χ0n) is 15.3. The number of rotatable bonds is 5. The summed E-state index contributed by atoms with van der Waals surface area (Å²) in [6, 6.07) is 6.17. The quantitative estimate of drug-likeness (QED) is 0.681. The Labute approximate surface area is 165 Å². The highest BCUT2D eigenvalue weighted by Crippen LogP contribution is 2.27. The summed E-state index contributed by atoms with van der Waals surface area (Å²) in [7, 11) is 0. The second kappa shape index (κ2) is 7.48. The molecule has 0 spiro atoms. The largest absolute Gasteiger partial charge is 0.325 e. The zero-order chi connectivity index (χ0) is 19.0. The number of hydrogen-bond donors (Lipinski definition) is 2. The van der Waals surface area contributed by atoms with Crippen molar-refractivity contribution in [3.8, 4) is 0 Å². The van der Waals surface area contributed by atoms with Gasteiger partial charge >= 0.3 is 0 Å². The summed E-state index contributed by atoms with van der Waals surface area (Å²) in [6.45, 7) is 3.95. The van der Waals surface area contributed by atoms with Crippen LogP contribution in [-0.2, 0) is 23.4 Å². The number of amides is 1. The molecule has 4 rings (SSSR count). The number of carbonyl (C=O) groups excluding carboxylic acids is 1. The van der Waals surface area contributed by atoms with E-state index in [1.54, 1.807) is 0 Å². The van der Waals surface area contributed by atoms with Crippen LogP contribution in [0.4, 0.5) is 5.69 Å². The lowest BCUT2D eigenvalue weighted by Gasteiger charge is -2.07. The van der Waals surface area contributed by atoms with Gasteiger partial charge in [0.2, 0.25) is 5.91 Å². The normalized spacial score (nSPS) is 13.1. The Morgan fingerprint density at radius 3 is 2.96 bits per heavy atom. The molecule has 0 saturated heterocycles. The number of carbonyl (C=O) groups is 1. The highest BCUT2D eigenvalue weighted by molar-refractivity contribution is 7.99. The van der Waals surface area contributed by atoms with Crippen LogP contribution in [0.3, 0.4) is 0 Å². The molecule has 1 amide bonds. The van der Waals surface area contributed by atoms with Crippen molar-refractivity contribution in [2.24, 2.45) is 0 Å². The first kappa shape index (κ1) is 18.3. The Kier molecular flexibility index (Phi) is 5.06. The van der Waals surface area contributed by atoms with Crippen LogP contribution < -0.4 is 10.9 Å². The Bertz CT molecular complexity index is 1080. The first-order chi connectivity index (χ1) is 13.0. The summed E-state index contributed by atoms with van der Waals surface area (Å²) in [4.78, 5) is 33.8. The van der Waals surface area contributed by atoms with Crippen molar-refractivity contribution in [1.29, 1.82) is 0 Å². The minimum absolute atomic E-state index is 0.0378. The van der Waals surface area contributed by atoms with Gasteiger partial charge in [0.25, 0.3) is 5.56 Å². The second-order valence-corrected chi connectivity index (χ2v) is 9.04. The van der Waals surface area contributed by atoms with E-state index in [4.69, 9.17) is 0 Å². The molecule has 2 heterocycles. The van der Waals surface area contributed by atoms with E-state index in [0.29, 0.717) is 22.7 Å². The zero-order valence-corrected chi connectivity index (χ0v) is 17.0. The summed E-state index contributed by atoms with van der Waals surface area (Å²) < 4.78 is 0. The SMILES string of the molecule is Cc1sc2nc(CSCC(=O)Nc3ccc4c(c3)CCC4)[nH]c(=O)c2c1C. The van der Waals surface area contributed by atoms with Crippen molar-refractivity contribution in [3.63, 3.8) is 0 Å². The van der Waals surface area contributed by atoms with Gasteiger partial charge in [0.1, 0.15) is 10.7 Å². The van der Waals surface area contributed by atoms with Crippen LogP contribution >= 0.6 is 23.1 Å². The van der Waals surface area contributed by atoms with Gasteiger partial charge < -0.3 is 10.3 Å². The summed E-state index contributed by atoms with van der Waals surface area (Å²) in [5, 5.41) is 3.64. The monoisotopic (exact) mass is 399 g/mol. The number of aromatic nitrogens is 2. The van der Waals surface area contributed by atoms with Crippen LogP contribution in [0, 0.1) is 13.8 Å². The third kappa shape index (κ3) is 3.80. The Morgan fingerprint density at radius 1 is 1.30 bits per heavy atom. The van der Waals surface area contributed by atoms with E-state index in [-0.39, 0.29) is 11.5 Å². The van der Waals surface area contributed by atoms with E-state index in [9.17, 15) is 9.59 Å². The molecule has 0 unspecified atom stereocenters. The number of nitrogens with one attached hydrogen (secondary N) is 2. The molecule has 0 atom stereocenters. The topological polar surface area (TPSA) is 74.8 Å². The average Bonchev–Trinajstić information content (AvgIpc) is 3.19. The Morgan fingerprint density at radius 2 is 2.11 bits per heavy atom. The molecule has 1 aliphatic carbocycles. The van der Waals surface area contributed by atoms with E-state index in [0.717, 1.165) is 33.8 Å². The van der Waals surface area contributed by atoms with Crippen molar-refractivity contribution in [2.75, 3.05) is 11.1 Å². The van der Waals surface area contributed by atoms with E-state index in [1.165, 1.54) is 40.6 Å². The summed E-state index contributed by atoms with van der Waals surface area (Å²) >= 11 is 2.99. The number of nitrogens with zero attached hydrogens (tertiary/aromatic N) is 1. The fourth-order valence-electron chi connectivity index (χ4n) is 3.45. The van der Waals surface area contributed by atoms with Crippen LogP contribution in [-0.4, -0.2) is 21.6 Å². The van der Waals surface area contributed by atoms with Gasteiger partial charge in [0.05, 0.1) is 16.9 Å². The highest BCUT2D eigenvalue weighted by Gasteiger charge is 2.13.